The number of ether oxygens (including phenoxy) is 1. The molecule has 0 unspecified atom stereocenters. The number of nitrogens with zero attached hydrogens (tertiary/aromatic N) is 1. The molecule has 1 amide bonds. The number of hydrogen-bond acceptors (Lipinski definition) is 5. The number of carbonyl (C=O) groups excluding carboxylic acids is 2. The highest BCUT2D eigenvalue weighted by atomic mass is 16.6. The van der Waals surface area contributed by atoms with Crippen molar-refractivity contribution >= 4 is 11.9 Å². The second-order valence-electron chi connectivity index (χ2n) is 8.99. The number of amides is 1. The van der Waals surface area contributed by atoms with Crippen molar-refractivity contribution in [3.63, 3.8) is 0 Å². The highest BCUT2D eigenvalue weighted by Gasteiger charge is 2.60. The van der Waals surface area contributed by atoms with Crippen LogP contribution in [0.2, 0.25) is 0 Å². The lowest BCUT2D eigenvalue weighted by molar-refractivity contribution is -0.185. The second-order valence-corrected chi connectivity index (χ2v) is 8.99. The van der Waals surface area contributed by atoms with Crippen LogP contribution in [-0.4, -0.2) is 53.7 Å². The summed E-state index contributed by atoms with van der Waals surface area (Å²) in [6.45, 7) is 2.93. The Kier molecular flexibility index (Phi) is 5.75. The van der Waals surface area contributed by atoms with Crippen LogP contribution in [0.5, 0.6) is 5.75 Å². The molecule has 0 aromatic heterocycles. The first-order valence-electron chi connectivity index (χ1n) is 10.9. The minimum absolute atomic E-state index is 0.0536. The van der Waals surface area contributed by atoms with Gasteiger partial charge in [-0.25, -0.2) is 0 Å². The molecule has 0 spiro atoms. The van der Waals surface area contributed by atoms with Crippen LogP contribution in [0.4, 0.5) is 0 Å². The molecule has 1 saturated heterocycles. The minimum Gasteiger partial charge on any atom is -0.508 e. The van der Waals surface area contributed by atoms with E-state index in [1.807, 2.05) is 49.5 Å². The Hall–Kier alpha value is -2.86. The van der Waals surface area contributed by atoms with Gasteiger partial charge in [0.1, 0.15) is 11.4 Å². The maximum Gasteiger partial charge on any atom is 0.303 e. The van der Waals surface area contributed by atoms with Gasteiger partial charge in [-0.05, 0) is 69.1 Å². The van der Waals surface area contributed by atoms with E-state index in [9.17, 15) is 14.7 Å². The highest BCUT2D eigenvalue weighted by Crippen LogP contribution is 2.53. The molecular formula is C25H30N2O4. The lowest BCUT2D eigenvalue weighted by atomic mass is 9.55. The van der Waals surface area contributed by atoms with Gasteiger partial charge in [-0.15, -0.1) is 0 Å². The zero-order valence-electron chi connectivity index (χ0n) is 18.1. The normalized spacial score (nSPS) is 28.4. The predicted octanol–water partition coefficient (Wildman–Crippen LogP) is 3.25. The first-order valence-corrected chi connectivity index (χ1v) is 10.9. The summed E-state index contributed by atoms with van der Waals surface area (Å²) < 4.78 is 6.11. The van der Waals surface area contributed by atoms with Crippen molar-refractivity contribution in [2.45, 2.75) is 49.7 Å². The van der Waals surface area contributed by atoms with E-state index in [4.69, 9.17) is 4.74 Å². The summed E-state index contributed by atoms with van der Waals surface area (Å²) in [7, 11) is 2.04. The monoisotopic (exact) mass is 422 g/mol. The average molecular weight is 423 g/mol. The Morgan fingerprint density at radius 1 is 1.13 bits per heavy atom. The molecule has 1 saturated carbocycles. The third kappa shape index (κ3) is 4.04. The Balaban J connectivity index is 1.71. The van der Waals surface area contributed by atoms with Crippen LogP contribution < -0.4 is 5.32 Å². The van der Waals surface area contributed by atoms with Gasteiger partial charge in [0.05, 0.1) is 0 Å². The molecule has 1 aliphatic heterocycles. The molecule has 1 aliphatic carbocycles. The van der Waals surface area contributed by atoms with Gasteiger partial charge in [-0.1, -0.05) is 30.3 Å². The Bertz CT molecular complexity index is 963. The number of carbonyl (C=O) groups is 2. The van der Waals surface area contributed by atoms with E-state index in [0.29, 0.717) is 24.9 Å². The fraction of sp³-hybridized carbons (Fsp3) is 0.440. The van der Waals surface area contributed by atoms with E-state index >= 15 is 0 Å². The van der Waals surface area contributed by atoms with Crippen molar-refractivity contribution in [2.75, 3.05) is 20.1 Å². The first-order chi connectivity index (χ1) is 14.8. The Morgan fingerprint density at radius 3 is 2.61 bits per heavy atom. The number of benzene rings is 2. The molecule has 2 N–H and O–H groups in total. The van der Waals surface area contributed by atoms with Crippen LogP contribution in [0.1, 0.15) is 48.5 Å². The van der Waals surface area contributed by atoms with Crippen LogP contribution in [0.15, 0.2) is 54.6 Å². The number of likely N-dealkylation sites (N-methyl/N-ethyl adjacent to an activating group) is 1. The van der Waals surface area contributed by atoms with Gasteiger partial charge in [-0.3, -0.25) is 9.59 Å². The SMILES string of the molecule is CC(=O)O[C@]12CC[C@@H](NC(=O)c3ccccc3)C[C@]1(c1cccc(O)c1)CCN(C)C2. The fourth-order valence-corrected chi connectivity index (χ4v) is 5.58. The molecule has 164 valence electrons. The number of nitrogens with one attached hydrogen (secondary N) is 1. The van der Waals surface area contributed by atoms with Crippen molar-refractivity contribution in [3.8, 4) is 5.75 Å². The number of fused-ring (bicyclic) bond motifs is 1. The molecule has 2 aromatic rings. The van der Waals surface area contributed by atoms with Gasteiger partial charge in [0.15, 0.2) is 0 Å². The quantitative estimate of drug-likeness (QED) is 0.740. The van der Waals surface area contributed by atoms with E-state index in [0.717, 1.165) is 24.9 Å². The van der Waals surface area contributed by atoms with E-state index in [1.165, 1.54) is 6.92 Å². The number of aromatic hydroxyl groups is 1. The van der Waals surface area contributed by atoms with E-state index < -0.39 is 11.0 Å². The zero-order chi connectivity index (χ0) is 22.1. The smallest absolute Gasteiger partial charge is 0.303 e. The van der Waals surface area contributed by atoms with Crippen molar-refractivity contribution in [1.82, 2.24) is 10.2 Å². The molecule has 31 heavy (non-hydrogen) atoms. The number of piperidine rings is 1. The third-order valence-electron chi connectivity index (χ3n) is 6.92. The minimum atomic E-state index is -0.701. The molecule has 2 aliphatic rings. The van der Waals surface area contributed by atoms with Gasteiger partial charge in [-0.2, -0.15) is 0 Å². The first kappa shape index (κ1) is 21.4. The molecule has 6 heteroatoms. The summed E-state index contributed by atoms with van der Waals surface area (Å²) in [4.78, 5) is 27.2. The van der Waals surface area contributed by atoms with Crippen molar-refractivity contribution in [3.05, 3.63) is 65.7 Å². The topological polar surface area (TPSA) is 78.9 Å². The molecule has 3 atom stereocenters. The summed E-state index contributed by atoms with van der Waals surface area (Å²) in [5.74, 6) is -0.200. The average Bonchev–Trinajstić information content (AvgIpc) is 2.74. The lowest BCUT2D eigenvalue weighted by Gasteiger charge is -2.59. The molecule has 1 heterocycles. The van der Waals surface area contributed by atoms with Crippen molar-refractivity contribution in [2.24, 2.45) is 0 Å². The molecule has 0 radical (unpaired) electrons. The maximum absolute atomic E-state index is 12.8. The molecule has 0 bridgehead atoms. The summed E-state index contributed by atoms with van der Waals surface area (Å²) in [5, 5.41) is 13.4. The second kappa shape index (κ2) is 8.35. The van der Waals surface area contributed by atoms with Crippen molar-refractivity contribution < 1.29 is 19.4 Å². The van der Waals surface area contributed by atoms with Gasteiger partial charge in [0.25, 0.3) is 5.91 Å². The molecule has 6 nitrogen and oxygen atoms in total. The van der Waals surface area contributed by atoms with Crippen molar-refractivity contribution in [1.29, 1.82) is 0 Å². The summed E-state index contributed by atoms with van der Waals surface area (Å²) in [5.41, 5.74) is 0.402. The third-order valence-corrected chi connectivity index (χ3v) is 6.92. The molecular weight excluding hydrogens is 392 g/mol. The lowest BCUT2D eigenvalue weighted by Crippen LogP contribution is -2.68. The highest BCUT2D eigenvalue weighted by molar-refractivity contribution is 5.94. The molecule has 4 rings (SSSR count). The van der Waals surface area contributed by atoms with Crippen LogP contribution >= 0.6 is 0 Å². The Morgan fingerprint density at radius 2 is 1.90 bits per heavy atom. The number of likely N-dealkylation sites (tertiary alicyclic amines) is 1. The van der Waals surface area contributed by atoms with E-state index in [2.05, 4.69) is 10.2 Å². The van der Waals surface area contributed by atoms with Gasteiger partial charge in [0, 0.05) is 30.5 Å². The molecule has 2 aromatic carbocycles. The molecule has 2 fully saturated rings. The van der Waals surface area contributed by atoms with Crippen LogP contribution in [-0.2, 0) is 14.9 Å². The van der Waals surface area contributed by atoms with Gasteiger partial charge < -0.3 is 20.1 Å². The van der Waals surface area contributed by atoms with E-state index in [-0.39, 0.29) is 23.7 Å². The number of hydrogen-bond donors (Lipinski definition) is 2. The van der Waals surface area contributed by atoms with Crippen LogP contribution in [0.3, 0.4) is 0 Å². The summed E-state index contributed by atoms with van der Waals surface area (Å²) in [6.07, 6.45) is 2.79. The van der Waals surface area contributed by atoms with E-state index in [1.54, 1.807) is 12.1 Å². The Labute approximate surface area is 183 Å². The van der Waals surface area contributed by atoms with Gasteiger partial charge >= 0.3 is 5.97 Å². The fourth-order valence-electron chi connectivity index (χ4n) is 5.58. The summed E-state index contributed by atoms with van der Waals surface area (Å²) in [6, 6.07) is 16.4. The largest absolute Gasteiger partial charge is 0.508 e. The number of phenolic OH excluding ortho intramolecular Hbond substituents is 1. The zero-order valence-corrected chi connectivity index (χ0v) is 18.1. The van der Waals surface area contributed by atoms with Gasteiger partial charge in [0.2, 0.25) is 0 Å². The number of phenols is 1. The number of esters is 1. The summed E-state index contributed by atoms with van der Waals surface area (Å²) >= 11 is 0. The predicted molar refractivity (Wildman–Crippen MR) is 118 cm³/mol. The number of rotatable bonds is 4. The van der Waals surface area contributed by atoms with Crippen LogP contribution in [0, 0.1) is 0 Å². The van der Waals surface area contributed by atoms with Crippen LogP contribution in [0.25, 0.3) is 0 Å². The maximum atomic E-state index is 12.8. The standard InChI is InChI=1S/C25H30N2O4/c1-18(28)31-25-12-11-21(26-23(30)19-7-4-3-5-8-19)16-24(25,13-14-27(2)17-25)20-9-6-10-22(29)15-20/h3-10,15,21,29H,11-14,16-17H2,1-2H3,(H,26,30)/t21-,24+,25+/m1/s1.